The van der Waals surface area contributed by atoms with Crippen LogP contribution in [0, 0.1) is 0 Å². The van der Waals surface area contributed by atoms with Gasteiger partial charge in [0.2, 0.25) is 0 Å². The van der Waals surface area contributed by atoms with Crippen LogP contribution in [0.1, 0.15) is 0 Å². The summed E-state index contributed by atoms with van der Waals surface area (Å²) in [4.78, 5) is 24.0. The second-order valence-electron chi connectivity index (χ2n) is 3.16. The first kappa shape index (κ1) is 10.9. The van der Waals surface area contributed by atoms with Crippen molar-refractivity contribution in [1.29, 1.82) is 0 Å². The van der Waals surface area contributed by atoms with Gasteiger partial charge in [-0.25, -0.2) is 4.90 Å². The third-order valence-corrected chi connectivity index (χ3v) is 2.86. The van der Waals surface area contributed by atoms with E-state index >= 15 is 0 Å². The van der Waals surface area contributed by atoms with Crippen LogP contribution in [0.25, 0.3) is 0 Å². The van der Waals surface area contributed by atoms with Crippen LogP contribution in [-0.2, 0) is 9.59 Å². The van der Waals surface area contributed by atoms with Crippen LogP contribution < -0.4 is 9.64 Å². The maximum absolute atomic E-state index is 11.4. The van der Waals surface area contributed by atoms with Gasteiger partial charge in [0, 0.05) is 18.2 Å². The highest BCUT2D eigenvalue weighted by Crippen LogP contribution is 2.30. The van der Waals surface area contributed by atoms with Crippen molar-refractivity contribution >= 4 is 33.4 Å². The van der Waals surface area contributed by atoms with Crippen molar-refractivity contribution in [1.82, 2.24) is 0 Å². The lowest BCUT2D eigenvalue weighted by molar-refractivity contribution is -0.119. The van der Waals surface area contributed by atoms with Gasteiger partial charge in [0.15, 0.2) is 0 Å². The largest absolute Gasteiger partial charge is 0.495 e. The summed E-state index contributed by atoms with van der Waals surface area (Å²) >= 11 is 3.30. The molecule has 1 aliphatic rings. The van der Waals surface area contributed by atoms with Gasteiger partial charge in [-0.3, -0.25) is 9.59 Å². The number of hydrogen-bond acceptors (Lipinski definition) is 3. The second-order valence-corrected chi connectivity index (χ2v) is 4.02. The molecule has 16 heavy (non-hydrogen) atoms. The molecule has 4 nitrogen and oxygen atoms in total. The van der Waals surface area contributed by atoms with Crippen LogP contribution in [-0.4, -0.2) is 18.9 Å². The van der Waals surface area contributed by atoms with E-state index in [0.29, 0.717) is 11.4 Å². The summed E-state index contributed by atoms with van der Waals surface area (Å²) in [6.07, 6.45) is 2.49. The zero-order chi connectivity index (χ0) is 11.7. The molecule has 1 aromatic carbocycles. The zero-order valence-electron chi connectivity index (χ0n) is 8.44. The first-order chi connectivity index (χ1) is 7.63. The number of hydrogen-bond donors (Lipinski definition) is 0. The van der Waals surface area contributed by atoms with E-state index < -0.39 is 0 Å². The maximum Gasteiger partial charge on any atom is 0.258 e. The van der Waals surface area contributed by atoms with Crippen LogP contribution in [0.15, 0.2) is 34.8 Å². The Kier molecular flexibility index (Phi) is 2.78. The summed E-state index contributed by atoms with van der Waals surface area (Å²) < 4.78 is 5.87. The molecular formula is C11H8BrNO3. The van der Waals surface area contributed by atoms with Crippen molar-refractivity contribution in [2.24, 2.45) is 0 Å². The Bertz CT molecular complexity index is 478. The predicted octanol–water partition coefficient (Wildman–Crippen LogP) is 1.89. The van der Waals surface area contributed by atoms with Gasteiger partial charge in [-0.05, 0) is 28.1 Å². The molecule has 0 unspecified atom stereocenters. The molecule has 0 atom stereocenters. The lowest BCUT2D eigenvalue weighted by Gasteiger charge is -2.15. The minimum Gasteiger partial charge on any atom is -0.495 e. The standard InChI is InChI=1S/C11H8BrNO3/c1-16-9-6-7(2-3-8(9)12)13-10(14)4-5-11(13)15/h2-6H,1H3. The average molecular weight is 282 g/mol. The Labute approximate surface area is 101 Å². The summed E-state index contributed by atoms with van der Waals surface area (Å²) in [5.41, 5.74) is 0.500. The van der Waals surface area contributed by atoms with Gasteiger partial charge in [0.1, 0.15) is 5.75 Å². The molecule has 0 spiro atoms. The van der Waals surface area contributed by atoms with Crippen molar-refractivity contribution in [3.05, 3.63) is 34.8 Å². The molecule has 0 aromatic heterocycles. The van der Waals surface area contributed by atoms with E-state index in [9.17, 15) is 9.59 Å². The number of benzene rings is 1. The average Bonchev–Trinajstić information content (AvgIpc) is 2.60. The van der Waals surface area contributed by atoms with Crippen molar-refractivity contribution in [2.45, 2.75) is 0 Å². The molecule has 5 heteroatoms. The topological polar surface area (TPSA) is 46.6 Å². The first-order valence-electron chi connectivity index (χ1n) is 4.53. The molecule has 0 aliphatic carbocycles. The number of nitrogens with zero attached hydrogens (tertiary/aromatic N) is 1. The highest BCUT2D eigenvalue weighted by Gasteiger charge is 2.25. The molecule has 0 N–H and O–H groups in total. The molecule has 82 valence electrons. The number of anilines is 1. The normalized spacial score (nSPS) is 14.8. The van der Waals surface area contributed by atoms with Crippen LogP contribution >= 0.6 is 15.9 Å². The van der Waals surface area contributed by atoms with Crippen LogP contribution in [0.2, 0.25) is 0 Å². The molecule has 0 saturated heterocycles. The number of imide groups is 1. The summed E-state index contributed by atoms with van der Waals surface area (Å²) in [5.74, 6) is -0.103. The van der Waals surface area contributed by atoms with Crippen molar-refractivity contribution in [3.63, 3.8) is 0 Å². The summed E-state index contributed by atoms with van der Waals surface area (Å²) in [6.45, 7) is 0. The van der Waals surface area contributed by atoms with Gasteiger partial charge in [-0.2, -0.15) is 0 Å². The molecule has 2 rings (SSSR count). The quantitative estimate of drug-likeness (QED) is 0.778. The fourth-order valence-electron chi connectivity index (χ4n) is 1.44. The van der Waals surface area contributed by atoms with E-state index in [1.807, 2.05) is 0 Å². The number of carbonyl (C=O) groups is 2. The fourth-order valence-corrected chi connectivity index (χ4v) is 1.85. The highest BCUT2D eigenvalue weighted by atomic mass is 79.9. The molecule has 2 amide bonds. The fraction of sp³-hybridized carbons (Fsp3) is 0.0909. The van der Waals surface area contributed by atoms with Gasteiger partial charge in [-0.15, -0.1) is 0 Å². The Balaban J connectivity index is 2.42. The minimum absolute atomic E-state index is 0.339. The zero-order valence-corrected chi connectivity index (χ0v) is 10.0. The molecular weight excluding hydrogens is 274 g/mol. The third-order valence-electron chi connectivity index (χ3n) is 2.20. The Morgan fingerprint density at radius 3 is 2.38 bits per heavy atom. The Morgan fingerprint density at radius 1 is 1.19 bits per heavy atom. The van der Waals surface area contributed by atoms with Gasteiger partial charge in [0.05, 0.1) is 17.3 Å². The summed E-state index contributed by atoms with van der Waals surface area (Å²) in [5, 5.41) is 0. The van der Waals surface area contributed by atoms with Gasteiger partial charge in [0.25, 0.3) is 11.8 Å². The van der Waals surface area contributed by atoms with Gasteiger partial charge >= 0.3 is 0 Å². The van der Waals surface area contributed by atoms with E-state index in [-0.39, 0.29) is 11.8 Å². The minimum atomic E-state index is -0.339. The Morgan fingerprint density at radius 2 is 1.81 bits per heavy atom. The number of methoxy groups -OCH3 is 1. The number of ether oxygens (including phenoxy) is 1. The molecule has 1 aliphatic heterocycles. The number of carbonyl (C=O) groups excluding carboxylic acids is 2. The summed E-state index contributed by atoms with van der Waals surface area (Å²) in [6, 6.07) is 5.04. The van der Waals surface area contributed by atoms with Crippen LogP contribution in [0.5, 0.6) is 5.75 Å². The van der Waals surface area contributed by atoms with Crippen molar-refractivity contribution in [2.75, 3.05) is 12.0 Å². The van der Waals surface area contributed by atoms with E-state index in [0.717, 1.165) is 9.37 Å². The molecule has 0 fully saturated rings. The molecule has 0 bridgehead atoms. The van der Waals surface area contributed by atoms with Crippen LogP contribution in [0.4, 0.5) is 5.69 Å². The second kappa shape index (κ2) is 4.09. The van der Waals surface area contributed by atoms with Gasteiger partial charge < -0.3 is 4.74 Å². The number of rotatable bonds is 2. The van der Waals surface area contributed by atoms with E-state index in [1.165, 1.54) is 19.3 Å². The van der Waals surface area contributed by atoms with Crippen LogP contribution in [0.3, 0.4) is 0 Å². The van der Waals surface area contributed by atoms with Gasteiger partial charge in [-0.1, -0.05) is 0 Å². The van der Waals surface area contributed by atoms with Crippen molar-refractivity contribution < 1.29 is 14.3 Å². The SMILES string of the molecule is COc1cc(N2C(=O)C=CC2=O)ccc1Br. The number of halogens is 1. The lowest BCUT2D eigenvalue weighted by Crippen LogP contribution is -2.29. The van der Waals surface area contributed by atoms with E-state index in [1.54, 1.807) is 18.2 Å². The molecule has 0 radical (unpaired) electrons. The molecule has 0 saturated carbocycles. The lowest BCUT2D eigenvalue weighted by atomic mass is 10.2. The molecule has 1 aromatic rings. The first-order valence-corrected chi connectivity index (χ1v) is 5.32. The highest BCUT2D eigenvalue weighted by molar-refractivity contribution is 9.10. The van der Waals surface area contributed by atoms with E-state index in [2.05, 4.69) is 15.9 Å². The number of amides is 2. The smallest absolute Gasteiger partial charge is 0.258 e. The maximum atomic E-state index is 11.4. The Hall–Kier alpha value is -1.62. The molecule has 1 heterocycles. The third kappa shape index (κ3) is 1.74. The summed E-state index contributed by atoms with van der Waals surface area (Å²) in [7, 11) is 1.52. The van der Waals surface area contributed by atoms with Crippen molar-refractivity contribution in [3.8, 4) is 5.75 Å². The predicted molar refractivity (Wildman–Crippen MR) is 62.3 cm³/mol. The monoisotopic (exact) mass is 281 g/mol. The van der Waals surface area contributed by atoms with E-state index in [4.69, 9.17) is 4.74 Å².